The molecule has 3 rings (SSSR count). The van der Waals surface area contributed by atoms with Crippen LogP contribution in [-0.4, -0.2) is 57.1 Å². The van der Waals surface area contributed by atoms with Gasteiger partial charge in [0.25, 0.3) is 0 Å². The predicted molar refractivity (Wildman–Crippen MR) is 119 cm³/mol. The van der Waals surface area contributed by atoms with Crippen LogP contribution < -0.4 is 14.4 Å². The molecule has 32 heavy (non-hydrogen) atoms. The Balaban J connectivity index is 1.81. The summed E-state index contributed by atoms with van der Waals surface area (Å²) in [5, 5.41) is 0. The smallest absolute Gasteiger partial charge is 0.325 e. The molecule has 1 heterocycles. The van der Waals surface area contributed by atoms with Crippen molar-refractivity contribution in [1.82, 2.24) is 4.90 Å². The van der Waals surface area contributed by atoms with Crippen LogP contribution >= 0.6 is 0 Å². The molecule has 0 N–H and O–H groups in total. The van der Waals surface area contributed by atoms with Crippen molar-refractivity contribution in [3.63, 3.8) is 0 Å². The number of aryl methyl sites for hydroxylation is 1. The maximum absolute atomic E-state index is 13.4. The zero-order valence-corrected chi connectivity index (χ0v) is 18.8. The van der Waals surface area contributed by atoms with E-state index in [1.54, 1.807) is 37.3 Å². The van der Waals surface area contributed by atoms with Crippen LogP contribution in [0.15, 0.2) is 42.5 Å². The van der Waals surface area contributed by atoms with Gasteiger partial charge in [0.2, 0.25) is 11.8 Å². The van der Waals surface area contributed by atoms with Crippen LogP contribution in [0, 0.1) is 12.8 Å². The SMILES string of the molecule is COC(=O)CN(Cc1cc(OC)cc(OC)c1)C(=O)C1CC(=O)N(c2ccc(C)cc2)C1. The van der Waals surface area contributed by atoms with Gasteiger partial charge in [0, 0.05) is 31.3 Å². The lowest BCUT2D eigenvalue weighted by Crippen LogP contribution is -2.40. The van der Waals surface area contributed by atoms with Gasteiger partial charge in [-0.1, -0.05) is 17.7 Å². The third-order valence-corrected chi connectivity index (χ3v) is 5.46. The van der Waals surface area contributed by atoms with E-state index in [0.29, 0.717) is 11.5 Å². The van der Waals surface area contributed by atoms with Crippen LogP contribution in [0.3, 0.4) is 0 Å². The molecule has 1 saturated heterocycles. The molecule has 170 valence electrons. The van der Waals surface area contributed by atoms with Gasteiger partial charge < -0.3 is 24.0 Å². The number of carbonyl (C=O) groups excluding carboxylic acids is 3. The lowest BCUT2D eigenvalue weighted by Gasteiger charge is -2.25. The summed E-state index contributed by atoms with van der Waals surface area (Å²) >= 11 is 0. The van der Waals surface area contributed by atoms with Gasteiger partial charge in [0.05, 0.1) is 27.2 Å². The van der Waals surface area contributed by atoms with E-state index < -0.39 is 11.9 Å². The number of benzene rings is 2. The first-order valence-corrected chi connectivity index (χ1v) is 10.3. The van der Waals surface area contributed by atoms with Gasteiger partial charge in [-0.3, -0.25) is 14.4 Å². The number of hydrogen-bond donors (Lipinski definition) is 0. The van der Waals surface area contributed by atoms with Crippen molar-refractivity contribution in [3.05, 3.63) is 53.6 Å². The summed E-state index contributed by atoms with van der Waals surface area (Å²) in [6.07, 6.45) is 0.0891. The Morgan fingerprint density at radius 1 is 1.03 bits per heavy atom. The molecule has 1 aliphatic rings. The third kappa shape index (κ3) is 5.38. The molecule has 1 aliphatic heterocycles. The van der Waals surface area contributed by atoms with Gasteiger partial charge in [-0.15, -0.1) is 0 Å². The van der Waals surface area contributed by atoms with E-state index in [2.05, 4.69) is 0 Å². The minimum Gasteiger partial charge on any atom is -0.497 e. The number of ether oxygens (including phenoxy) is 3. The van der Waals surface area contributed by atoms with Gasteiger partial charge in [0.1, 0.15) is 18.0 Å². The number of rotatable bonds is 8. The molecule has 1 atom stereocenters. The Labute approximate surface area is 187 Å². The van der Waals surface area contributed by atoms with Crippen LogP contribution in [0.4, 0.5) is 5.69 Å². The van der Waals surface area contributed by atoms with Crippen LogP contribution in [-0.2, 0) is 25.7 Å². The fourth-order valence-corrected chi connectivity index (χ4v) is 3.72. The second kappa shape index (κ2) is 10.2. The average molecular weight is 440 g/mol. The van der Waals surface area contributed by atoms with Crippen LogP contribution in [0.5, 0.6) is 11.5 Å². The molecule has 1 unspecified atom stereocenters. The summed E-state index contributed by atoms with van der Waals surface area (Å²) in [5.41, 5.74) is 2.58. The molecular weight excluding hydrogens is 412 g/mol. The van der Waals surface area contributed by atoms with Crippen LogP contribution in [0.2, 0.25) is 0 Å². The second-order valence-corrected chi connectivity index (χ2v) is 7.73. The molecule has 0 bridgehead atoms. The van der Waals surface area contributed by atoms with Gasteiger partial charge in [-0.2, -0.15) is 0 Å². The molecule has 2 aromatic rings. The summed E-state index contributed by atoms with van der Waals surface area (Å²) in [6, 6.07) is 12.9. The normalized spacial score (nSPS) is 15.4. The highest BCUT2D eigenvalue weighted by Gasteiger charge is 2.37. The first-order valence-electron chi connectivity index (χ1n) is 10.3. The van der Waals surface area contributed by atoms with E-state index in [4.69, 9.17) is 14.2 Å². The van der Waals surface area contributed by atoms with E-state index in [1.807, 2.05) is 31.2 Å². The minimum absolute atomic E-state index is 0.0891. The highest BCUT2D eigenvalue weighted by Crippen LogP contribution is 2.28. The van der Waals surface area contributed by atoms with Crippen molar-refractivity contribution in [3.8, 4) is 11.5 Å². The lowest BCUT2D eigenvalue weighted by atomic mass is 10.1. The number of hydrogen-bond acceptors (Lipinski definition) is 6. The number of carbonyl (C=O) groups is 3. The van der Waals surface area contributed by atoms with E-state index in [9.17, 15) is 14.4 Å². The van der Waals surface area contributed by atoms with Gasteiger partial charge in [0.15, 0.2) is 0 Å². The van der Waals surface area contributed by atoms with Crippen molar-refractivity contribution in [2.45, 2.75) is 19.9 Å². The predicted octanol–water partition coefficient (Wildman–Crippen LogP) is 2.57. The third-order valence-electron chi connectivity index (χ3n) is 5.46. The molecule has 0 aliphatic carbocycles. The molecule has 0 spiro atoms. The molecule has 1 fully saturated rings. The number of esters is 1. The summed E-state index contributed by atoms with van der Waals surface area (Å²) in [7, 11) is 4.36. The maximum Gasteiger partial charge on any atom is 0.325 e. The quantitative estimate of drug-likeness (QED) is 0.587. The Hall–Kier alpha value is -3.55. The van der Waals surface area contributed by atoms with Crippen molar-refractivity contribution < 1.29 is 28.6 Å². The van der Waals surface area contributed by atoms with E-state index in [1.165, 1.54) is 12.0 Å². The largest absolute Gasteiger partial charge is 0.497 e. The average Bonchev–Trinajstić information content (AvgIpc) is 3.19. The highest BCUT2D eigenvalue weighted by atomic mass is 16.5. The van der Waals surface area contributed by atoms with E-state index in [-0.39, 0.29) is 37.9 Å². The van der Waals surface area contributed by atoms with Crippen molar-refractivity contribution >= 4 is 23.5 Å². The zero-order valence-electron chi connectivity index (χ0n) is 18.8. The van der Waals surface area contributed by atoms with Gasteiger partial charge >= 0.3 is 5.97 Å². The van der Waals surface area contributed by atoms with E-state index >= 15 is 0 Å². The molecular formula is C24H28N2O6. The van der Waals surface area contributed by atoms with Crippen molar-refractivity contribution in [1.29, 1.82) is 0 Å². The Bertz CT molecular complexity index is 966. The van der Waals surface area contributed by atoms with Crippen molar-refractivity contribution in [2.75, 3.05) is 39.3 Å². The number of nitrogens with zero attached hydrogens (tertiary/aromatic N) is 2. The summed E-state index contributed by atoms with van der Waals surface area (Å²) in [5.74, 6) is -0.333. The summed E-state index contributed by atoms with van der Waals surface area (Å²) in [4.78, 5) is 41.0. The molecule has 2 aromatic carbocycles. The Morgan fingerprint density at radius 3 is 2.22 bits per heavy atom. The fourth-order valence-electron chi connectivity index (χ4n) is 3.72. The number of amides is 2. The fraction of sp³-hybridized carbons (Fsp3) is 0.375. The molecule has 8 heteroatoms. The number of methoxy groups -OCH3 is 3. The van der Waals surface area contributed by atoms with Gasteiger partial charge in [-0.05, 0) is 36.8 Å². The monoisotopic (exact) mass is 440 g/mol. The zero-order chi connectivity index (χ0) is 23.3. The highest BCUT2D eigenvalue weighted by molar-refractivity contribution is 6.00. The standard InChI is InChI=1S/C24H28N2O6/c1-16-5-7-19(8-6-16)26-14-18(11-22(26)27)24(29)25(15-23(28)32-4)13-17-9-20(30-2)12-21(10-17)31-3/h5-10,12,18H,11,13-15H2,1-4H3. The topological polar surface area (TPSA) is 85.4 Å². The Kier molecular flexibility index (Phi) is 7.35. The molecule has 0 saturated carbocycles. The maximum atomic E-state index is 13.4. The van der Waals surface area contributed by atoms with E-state index in [0.717, 1.165) is 16.8 Å². The van der Waals surface area contributed by atoms with Gasteiger partial charge in [-0.25, -0.2) is 0 Å². The first-order chi connectivity index (χ1) is 15.3. The molecule has 0 radical (unpaired) electrons. The second-order valence-electron chi connectivity index (χ2n) is 7.73. The van der Waals surface area contributed by atoms with Crippen molar-refractivity contribution in [2.24, 2.45) is 5.92 Å². The molecule has 2 amide bonds. The van der Waals surface area contributed by atoms with Crippen LogP contribution in [0.25, 0.3) is 0 Å². The molecule has 8 nitrogen and oxygen atoms in total. The summed E-state index contributed by atoms with van der Waals surface area (Å²) in [6.45, 7) is 2.17. The number of anilines is 1. The lowest BCUT2D eigenvalue weighted by molar-refractivity contribution is -0.148. The van der Waals surface area contributed by atoms with Crippen LogP contribution in [0.1, 0.15) is 17.5 Å². The summed E-state index contributed by atoms with van der Waals surface area (Å²) < 4.78 is 15.4. The molecule has 0 aromatic heterocycles. The Morgan fingerprint density at radius 2 is 1.66 bits per heavy atom. The first kappa shape index (κ1) is 23.1. The minimum atomic E-state index is -0.555.